The van der Waals surface area contributed by atoms with Gasteiger partial charge in [-0.3, -0.25) is 14.3 Å². The van der Waals surface area contributed by atoms with Gasteiger partial charge in [0.1, 0.15) is 0 Å². The Morgan fingerprint density at radius 2 is 2.21 bits per heavy atom. The summed E-state index contributed by atoms with van der Waals surface area (Å²) < 4.78 is 1.65. The molecular formula is C13H19N3O3. The zero-order valence-electron chi connectivity index (χ0n) is 11.4. The third-order valence-corrected chi connectivity index (χ3v) is 2.62. The highest BCUT2D eigenvalue weighted by atomic mass is 16.4. The van der Waals surface area contributed by atoms with Crippen LogP contribution in [-0.2, 0) is 16.6 Å². The molecule has 0 fully saturated rings. The number of hydrogen-bond acceptors (Lipinski definition) is 3. The fourth-order valence-corrected chi connectivity index (χ4v) is 1.63. The van der Waals surface area contributed by atoms with Crippen molar-refractivity contribution in [1.29, 1.82) is 0 Å². The Bertz CT molecular complexity index is 477. The van der Waals surface area contributed by atoms with Crippen molar-refractivity contribution in [3.05, 3.63) is 24.0 Å². The van der Waals surface area contributed by atoms with Crippen molar-refractivity contribution in [2.75, 3.05) is 6.54 Å². The van der Waals surface area contributed by atoms with Gasteiger partial charge in [-0.25, -0.2) is 0 Å². The summed E-state index contributed by atoms with van der Waals surface area (Å²) in [6.07, 6.45) is 6.51. The van der Waals surface area contributed by atoms with Crippen molar-refractivity contribution in [3.8, 4) is 0 Å². The van der Waals surface area contributed by atoms with Gasteiger partial charge in [-0.2, -0.15) is 5.10 Å². The van der Waals surface area contributed by atoms with Crippen LogP contribution in [0.4, 0.5) is 0 Å². The number of carbonyl (C=O) groups excluding carboxylic acids is 1. The molecular weight excluding hydrogens is 246 g/mol. The molecule has 1 rings (SSSR count). The maximum absolute atomic E-state index is 12.0. The van der Waals surface area contributed by atoms with E-state index < -0.39 is 5.97 Å². The zero-order valence-corrected chi connectivity index (χ0v) is 11.4. The smallest absolute Gasteiger partial charge is 0.305 e. The molecule has 104 valence electrons. The molecule has 1 N–H and O–H groups in total. The van der Waals surface area contributed by atoms with E-state index in [1.165, 1.54) is 11.0 Å². The van der Waals surface area contributed by atoms with Crippen LogP contribution in [0.1, 0.15) is 25.8 Å². The predicted octanol–water partition coefficient (Wildman–Crippen LogP) is 1.14. The van der Waals surface area contributed by atoms with Gasteiger partial charge in [-0.15, -0.1) is 0 Å². The Morgan fingerprint density at radius 3 is 2.68 bits per heavy atom. The molecule has 0 bridgehead atoms. The van der Waals surface area contributed by atoms with E-state index in [4.69, 9.17) is 5.11 Å². The van der Waals surface area contributed by atoms with Gasteiger partial charge < -0.3 is 10.0 Å². The molecule has 6 nitrogen and oxygen atoms in total. The lowest BCUT2D eigenvalue weighted by Crippen LogP contribution is -2.37. The molecule has 0 aliphatic heterocycles. The highest BCUT2D eigenvalue weighted by Crippen LogP contribution is 2.05. The minimum Gasteiger partial charge on any atom is -0.481 e. The summed E-state index contributed by atoms with van der Waals surface area (Å²) in [6.45, 7) is 3.93. The molecule has 0 aliphatic rings. The van der Waals surface area contributed by atoms with Gasteiger partial charge in [0.05, 0.1) is 12.6 Å². The molecule has 6 heteroatoms. The van der Waals surface area contributed by atoms with Gasteiger partial charge in [-0.05, 0) is 19.9 Å². The molecule has 1 amide bonds. The molecule has 0 atom stereocenters. The topological polar surface area (TPSA) is 75.4 Å². The van der Waals surface area contributed by atoms with Crippen LogP contribution in [0.5, 0.6) is 0 Å². The standard InChI is InChI=1S/C13H19N3O3/c1-10(2)16(7-6-13(18)19)12(17)5-4-11-8-14-15(3)9-11/h4-5,8-10H,6-7H2,1-3H3,(H,18,19)/b5-4+. The van der Waals surface area contributed by atoms with Crippen LogP contribution in [0.3, 0.4) is 0 Å². The number of rotatable bonds is 6. The van der Waals surface area contributed by atoms with Crippen molar-refractivity contribution in [2.24, 2.45) is 7.05 Å². The predicted molar refractivity (Wildman–Crippen MR) is 71.3 cm³/mol. The third-order valence-electron chi connectivity index (χ3n) is 2.62. The number of nitrogens with zero attached hydrogens (tertiary/aromatic N) is 3. The molecule has 19 heavy (non-hydrogen) atoms. The molecule has 1 aromatic heterocycles. The van der Waals surface area contributed by atoms with Crippen LogP contribution in [0.2, 0.25) is 0 Å². The molecule has 1 aromatic rings. The summed E-state index contributed by atoms with van der Waals surface area (Å²) in [6, 6.07) is -0.0367. The lowest BCUT2D eigenvalue weighted by atomic mass is 10.2. The van der Waals surface area contributed by atoms with E-state index in [-0.39, 0.29) is 24.9 Å². The summed E-state index contributed by atoms with van der Waals surface area (Å²) in [5, 5.41) is 12.7. The Morgan fingerprint density at radius 1 is 1.53 bits per heavy atom. The quantitative estimate of drug-likeness (QED) is 0.783. The molecule has 0 saturated carbocycles. The summed E-state index contributed by atoms with van der Waals surface area (Å²) >= 11 is 0. The van der Waals surface area contributed by atoms with E-state index in [1.54, 1.807) is 30.2 Å². The van der Waals surface area contributed by atoms with E-state index in [1.807, 2.05) is 13.8 Å². The summed E-state index contributed by atoms with van der Waals surface area (Å²) in [5.74, 6) is -1.10. The van der Waals surface area contributed by atoms with Crippen LogP contribution in [-0.4, -0.2) is 44.3 Å². The molecule has 0 radical (unpaired) electrons. The first-order valence-electron chi connectivity index (χ1n) is 6.09. The summed E-state index contributed by atoms with van der Waals surface area (Å²) in [4.78, 5) is 24.1. The summed E-state index contributed by atoms with van der Waals surface area (Å²) in [5.41, 5.74) is 0.831. The first-order valence-corrected chi connectivity index (χ1v) is 6.09. The van der Waals surface area contributed by atoms with Gasteiger partial charge in [0, 0.05) is 37.5 Å². The highest BCUT2D eigenvalue weighted by Gasteiger charge is 2.15. The normalized spacial score (nSPS) is 11.2. The van der Waals surface area contributed by atoms with Crippen molar-refractivity contribution in [2.45, 2.75) is 26.3 Å². The SMILES string of the molecule is CC(C)N(CCC(=O)O)C(=O)/C=C/c1cnn(C)c1. The number of carboxylic acids is 1. The van der Waals surface area contributed by atoms with Crippen LogP contribution < -0.4 is 0 Å². The average Bonchev–Trinajstić information content (AvgIpc) is 2.72. The fourth-order valence-electron chi connectivity index (χ4n) is 1.63. The van der Waals surface area contributed by atoms with E-state index in [2.05, 4.69) is 5.10 Å². The molecule has 0 aromatic carbocycles. The zero-order chi connectivity index (χ0) is 14.4. The third kappa shape index (κ3) is 4.95. The Balaban J connectivity index is 2.66. The van der Waals surface area contributed by atoms with E-state index in [0.29, 0.717) is 0 Å². The first-order chi connectivity index (χ1) is 8.90. The monoisotopic (exact) mass is 265 g/mol. The van der Waals surface area contributed by atoms with Crippen LogP contribution in [0.15, 0.2) is 18.5 Å². The molecule has 0 spiro atoms. The molecule has 0 saturated heterocycles. The Kier molecular flexibility index (Phi) is 5.29. The maximum atomic E-state index is 12.0. The van der Waals surface area contributed by atoms with E-state index in [9.17, 15) is 9.59 Å². The number of carbonyl (C=O) groups is 2. The number of hydrogen-bond donors (Lipinski definition) is 1. The lowest BCUT2D eigenvalue weighted by molar-refractivity contribution is -0.138. The minimum absolute atomic E-state index is 0.0367. The van der Waals surface area contributed by atoms with Gasteiger partial charge in [0.15, 0.2) is 0 Å². The minimum atomic E-state index is -0.908. The molecule has 0 aliphatic carbocycles. The van der Waals surface area contributed by atoms with E-state index >= 15 is 0 Å². The highest BCUT2D eigenvalue weighted by molar-refractivity contribution is 5.92. The molecule has 0 unspecified atom stereocenters. The first kappa shape index (κ1) is 14.9. The Hall–Kier alpha value is -2.11. The van der Waals surface area contributed by atoms with Crippen molar-refractivity contribution in [3.63, 3.8) is 0 Å². The second-order valence-corrected chi connectivity index (χ2v) is 4.55. The largest absolute Gasteiger partial charge is 0.481 e. The average molecular weight is 265 g/mol. The van der Waals surface area contributed by atoms with Crippen molar-refractivity contribution < 1.29 is 14.7 Å². The number of aryl methyl sites for hydroxylation is 1. The van der Waals surface area contributed by atoms with Crippen LogP contribution in [0.25, 0.3) is 6.08 Å². The Labute approximate surface area is 112 Å². The van der Waals surface area contributed by atoms with E-state index in [0.717, 1.165) is 5.56 Å². The number of aliphatic carboxylic acids is 1. The summed E-state index contributed by atoms with van der Waals surface area (Å²) in [7, 11) is 1.80. The fraction of sp³-hybridized carbons (Fsp3) is 0.462. The lowest BCUT2D eigenvalue weighted by Gasteiger charge is -2.24. The van der Waals surface area contributed by atoms with Crippen LogP contribution in [0, 0.1) is 0 Å². The van der Waals surface area contributed by atoms with Crippen LogP contribution >= 0.6 is 0 Å². The number of carboxylic acid groups (broad SMARTS) is 1. The van der Waals surface area contributed by atoms with Gasteiger partial charge >= 0.3 is 5.97 Å². The second kappa shape index (κ2) is 6.72. The van der Waals surface area contributed by atoms with Crippen molar-refractivity contribution >= 4 is 18.0 Å². The maximum Gasteiger partial charge on any atom is 0.305 e. The number of aromatic nitrogens is 2. The number of amides is 1. The molecule has 1 heterocycles. The van der Waals surface area contributed by atoms with Crippen molar-refractivity contribution in [1.82, 2.24) is 14.7 Å². The van der Waals surface area contributed by atoms with Gasteiger partial charge in [-0.1, -0.05) is 0 Å². The van der Waals surface area contributed by atoms with Gasteiger partial charge in [0.25, 0.3) is 0 Å². The van der Waals surface area contributed by atoms with Gasteiger partial charge in [0.2, 0.25) is 5.91 Å². The second-order valence-electron chi connectivity index (χ2n) is 4.55.